The van der Waals surface area contributed by atoms with Crippen molar-refractivity contribution < 1.29 is 14.3 Å². The van der Waals surface area contributed by atoms with Crippen molar-refractivity contribution in [2.75, 3.05) is 26.2 Å². The second kappa shape index (κ2) is 8.21. The average Bonchev–Trinajstić information content (AvgIpc) is 3.03. The molecular weight excluding hydrogens is 380 g/mol. The zero-order valence-electron chi connectivity index (χ0n) is 19.3. The number of nitrogens with one attached hydrogen (secondary N) is 1. The van der Waals surface area contributed by atoms with E-state index < -0.39 is 5.60 Å². The first-order valence-electron chi connectivity index (χ1n) is 12.0. The highest BCUT2D eigenvalue weighted by Gasteiger charge is 2.46. The van der Waals surface area contributed by atoms with Gasteiger partial charge in [-0.3, -0.25) is 4.90 Å². The lowest BCUT2D eigenvalue weighted by Crippen LogP contribution is -2.59. The van der Waals surface area contributed by atoms with Crippen LogP contribution in [0.3, 0.4) is 0 Å². The molecule has 30 heavy (non-hydrogen) atoms. The number of urea groups is 1. The predicted octanol–water partition coefficient (Wildman–Crippen LogP) is 3.58. The number of piperidine rings is 2. The predicted molar refractivity (Wildman–Crippen MR) is 116 cm³/mol. The number of rotatable bonds is 2. The number of hydrogen-bond acceptors (Lipinski definition) is 4. The molecule has 1 N–H and O–H groups in total. The summed E-state index contributed by atoms with van der Waals surface area (Å²) in [5.41, 5.74) is -0.316. The van der Waals surface area contributed by atoms with Crippen LogP contribution in [0.15, 0.2) is 0 Å². The van der Waals surface area contributed by atoms with Crippen LogP contribution in [0.25, 0.3) is 0 Å². The smallest absolute Gasteiger partial charge is 0.410 e. The van der Waals surface area contributed by atoms with E-state index in [0.717, 1.165) is 64.7 Å². The van der Waals surface area contributed by atoms with Gasteiger partial charge in [0.15, 0.2) is 0 Å². The average molecular weight is 421 g/mol. The molecule has 0 aromatic carbocycles. The summed E-state index contributed by atoms with van der Waals surface area (Å²) >= 11 is 0. The number of carbonyl (C=O) groups excluding carboxylic acids is 2. The highest BCUT2D eigenvalue weighted by Crippen LogP contribution is 2.36. The lowest BCUT2D eigenvalue weighted by Gasteiger charge is -2.50. The fourth-order valence-corrected chi connectivity index (χ4v) is 5.93. The fraction of sp³-hybridized carbons (Fsp3) is 0.913. The van der Waals surface area contributed by atoms with E-state index in [4.69, 9.17) is 4.74 Å². The molecule has 1 unspecified atom stereocenters. The molecule has 3 saturated heterocycles. The van der Waals surface area contributed by atoms with Crippen molar-refractivity contribution in [3.63, 3.8) is 0 Å². The molecule has 4 fully saturated rings. The molecule has 0 bridgehead atoms. The Kier molecular flexibility index (Phi) is 5.94. The van der Waals surface area contributed by atoms with Crippen LogP contribution in [-0.4, -0.2) is 82.3 Å². The van der Waals surface area contributed by atoms with Gasteiger partial charge in [0.05, 0.1) is 12.1 Å². The summed E-state index contributed by atoms with van der Waals surface area (Å²) in [6.07, 6.45) is 8.66. The molecule has 1 saturated carbocycles. The Hall–Kier alpha value is -1.50. The van der Waals surface area contributed by atoms with Crippen LogP contribution >= 0.6 is 0 Å². The highest BCUT2D eigenvalue weighted by atomic mass is 16.6. The summed E-state index contributed by atoms with van der Waals surface area (Å²) in [4.78, 5) is 31.7. The van der Waals surface area contributed by atoms with E-state index in [1.54, 1.807) is 0 Å². The lowest BCUT2D eigenvalue weighted by molar-refractivity contribution is -0.0141. The number of fused-ring (bicyclic) bond motifs is 1. The summed E-state index contributed by atoms with van der Waals surface area (Å²) in [7, 11) is 0. The summed E-state index contributed by atoms with van der Waals surface area (Å²) < 4.78 is 5.55. The lowest BCUT2D eigenvalue weighted by atomic mass is 9.85. The van der Waals surface area contributed by atoms with Gasteiger partial charge in [0, 0.05) is 37.8 Å². The SMILES string of the molecule is CC(C)(C)OC(=O)N1CCC(C)(N2CCC(N3C(=O)N[C@@H]4CCCCC43)CC2)CC1. The standard InChI is InChI=1S/C23H40N4O3/c1-22(2,3)30-21(29)25-15-11-23(4,12-16-25)26-13-9-17(10-14-26)27-19-8-6-5-7-18(19)24-20(27)28/h17-19H,5-16H2,1-4H3,(H,24,28)/t18-,19?/m1/s1. The van der Waals surface area contributed by atoms with Crippen molar-refractivity contribution in [1.82, 2.24) is 20.0 Å². The normalized spacial score (nSPS) is 30.7. The first kappa shape index (κ1) is 21.7. The van der Waals surface area contributed by atoms with Gasteiger partial charge in [-0.1, -0.05) is 12.8 Å². The molecular formula is C23H40N4O3. The summed E-state index contributed by atoms with van der Waals surface area (Å²) in [6, 6.07) is 1.33. The molecule has 0 aromatic rings. The topological polar surface area (TPSA) is 65.1 Å². The molecule has 7 nitrogen and oxygen atoms in total. The maximum absolute atomic E-state index is 12.6. The van der Waals surface area contributed by atoms with E-state index in [9.17, 15) is 9.59 Å². The molecule has 2 atom stereocenters. The van der Waals surface area contributed by atoms with Crippen LogP contribution in [0.2, 0.25) is 0 Å². The number of hydrogen-bond donors (Lipinski definition) is 1. The first-order chi connectivity index (χ1) is 14.2. The van der Waals surface area contributed by atoms with Crippen molar-refractivity contribution in [1.29, 1.82) is 0 Å². The van der Waals surface area contributed by atoms with Crippen LogP contribution in [-0.2, 0) is 4.74 Å². The van der Waals surface area contributed by atoms with Crippen molar-refractivity contribution in [2.45, 2.75) is 108 Å². The van der Waals surface area contributed by atoms with E-state index in [-0.39, 0.29) is 17.7 Å². The Morgan fingerprint density at radius 3 is 2.30 bits per heavy atom. The molecule has 3 amide bonds. The second-order valence-corrected chi connectivity index (χ2v) is 11.0. The van der Waals surface area contributed by atoms with E-state index in [0.29, 0.717) is 18.1 Å². The molecule has 7 heteroatoms. The largest absolute Gasteiger partial charge is 0.444 e. The van der Waals surface area contributed by atoms with Crippen molar-refractivity contribution in [3.8, 4) is 0 Å². The van der Waals surface area contributed by atoms with Gasteiger partial charge in [0.2, 0.25) is 0 Å². The van der Waals surface area contributed by atoms with Gasteiger partial charge in [-0.15, -0.1) is 0 Å². The molecule has 170 valence electrons. The van der Waals surface area contributed by atoms with Gasteiger partial charge in [-0.05, 0) is 66.2 Å². The number of carbonyl (C=O) groups is 2. The molecule has 4 rings (SSSR count). The fourth-order valence-electron chi connectivity index (χ4n) is 5.93. The van der Waals surface area contributed by atoms with Gasteiger partial charge < -0.3 is 19.9 Å². The van der Waals surface area contributed by atoms with E-state index in [1.807, 2.05) is 25.7 Å². The Balaban J connectivity index is 1.29. The molecule has 3 heterocycles. The Labute approximate surface area is 181 Å². The minimum absolute atomic E-state index is 0.129. The molecule has 0 aromatic heterocycles. The third-order valence-corrected chi connectivity index (χ3v) is 7.74. The zero-order chi connectivity index (χ0) is 21.5. The van der Waals surface area contributed by atoms with Gasteiger partial charge in [0.25, 0.3) is 0 Å². The van der Waals surface area contributed by atoms with Crippen molar-refractivity contribution in [2.24, 2.45) is 0 Å². The van der Waals surface area contributed by atoms with E-state index in [1.165, 1.54) is 12.8 Å². The quantitative estimate of drug-likeness (QED) is 0.742. The summed E-state index contributed by atoms with van der Waals surface area (Å²) in [6.45, 7) is 11.7. The van der Waals surface area contributed by atoms with Gasteiger partial charge in [0.1, 0.15) is 5.60 Å². The van der Waals surface area contributed by atoms with E-state index >= 15 is 0 Å². The van der Waals surface area contributed by atoms with Crippen LogP contribution < -0.4 is 5.32 Å². The molecule has 1 aliphatic carbocycles. The maximum Gasteiger partial charge on any atom is 0.410 e. The molecule has 3 aliphatic heterocycles. The monoisotopic (exact) mass is 420 g/mol. The van der Waals surface area contributed by atoms with Crippen molar-refractivity contribution in [3.05, 3.63) is 0 Å². The third-order valence-electron chi connectivity index (χ3n) is 7.74. The minimum Gasteiger partial charge on any atom is -0.444 e. The Bertz CT molecular complexity index is 645. The maximum atomic E-state index is 12.6. The Morgan fingerprint density at radius 2 is 1.67 bits per heavy atom. The summed E-state index contributed by atoms with van der Waals surface area (Å²) in [5.74, 6) is 0. The highest BCUT2D eigenvalue weighted by molar-refractivity contribution is 5.78. The van der Waals surface area contributed by atoms with Crippen LogP contribution in [0.4, 0.5) is 9.59 Å². The Morgan fingerprint density at radius 1 is 1.03 bits per heavy atom. The van der Waals surface area contributed by atoms with Gasteiger partial charge in [-0.2, -0.15) is 0 Å². The number of amides is 3. The van der Waals surface area contributed by atoms with Crippen LogP contribution in [0.1, 0.15) is 79.1 Å². The van der Waals surface area contributed by atoms with E-state index in [2.05, 4.69) is 22.0 Å². The van der Waals surface area contributed by atoms with Crippen LogP contribution in [0.5, 0.6) is 0 Å². The zero-order valence-corrected chi connectivity index (χ0v) is 19.3. The minimum atomic E-state index is -0.446. The summed E-state index contributed by atoms with van der Waals surface area (Å²) in [5, 5.41) is 3.24. The molecule has 0 radical (unpaired) electrons. The number of likely N-dealkylation sites (tertiary alicyclic amines) is 2. The first-order valence-corrected chi connectivity index (χ1v) is 12.0. The third kappa shape index (κ3) is 4.41. The second-order valence-electron chi connectivity index (χ2n) is 11.0. The van der Waals surface area contributed by atoms with Crippen LogP contribution in [0, 0.1) is 0 Å². The van der Waals surface area contributed by atoms with Gasteiger partial charge >= 0.3 is 12.1 Å². The van der Waals surface area contributed by atoms with Gasteiger partial charge in [-0.25, -0.2) is 9.59 Å². The number of ether oxygens (including phenoxy) is 1. The van der Waals surface area contributed by atoms with Crippen molar-refractivity contribution >= 4 is 12.1 Å². The molecule has 4 aliphatic rings. The molecule has 0 spiro atoms. The number of nitrogens with zero attached hydrogens (tertiary/aromatic N) is 3.